The van der Waals surface area contributed by atoms with Gasteiger partial charge in [-0.05, 0) is 49.2 Å². The van der Waals surface area contributed by atoms with Crippen LogP contribution < -0.4 is 4.74 Å². The van der Waals surface area contributed by atoms with E-state index in [9.17, 15) is 10.1 Å². The Bertz CT molecular complexity index is 1110. The second kappa shape index (κ2) is 10.1. The predicted octanol–water partition coefficient (Wildman–Crippen LogP) is 4.37. The highest BCUT2D eigenvalue weighted by Crippen LogP contribution is 2.33. The second-order valence-corrected chi connectivity index (χ2v) is 9.09. The van der Waals surface area contributed by atoms with E-state index >= 15 is 0 Å². The van der Waals surface area contributed by atoms with Crippen LogP contribution in [0.25, 0.3) is 11.4 Å². The minimum absolute atomic E-state index is 0.0815. The Morgan fingerprint density at radius 1 is 1.24 bits per heavy atom. The molecule has 0 N–H and O–H groups in total. The molecule has 172 valence electrons. The number of hydrogen-bond donors (Lipinski definition) is 0. The van der Waals surface area contributed by atoms with Crippen molar-refractivity contribution in [2.45, 2.75) is 49.3 Å². The maximum absolute atomic E-state index is 13.0. The maximum Gasteiger partial charge on any atom is 0.234 e. The third-order valence-electron chi connectivity index (χ3n) is 6.19. The van der Waals surface area contributed by atoms with Gasteiger partial charge in [0.1, 0.15) is 17.0 Å². The standard InChI is InChI=1S/C24H27N5O3S/c1-28(24(17-25)12-4-3-5-13-24)21(30)16-33-23-27-26-22(18-8-10-19(31-2)11-9-18)29(23)15-20-7-6-14-32-20/h6-11,14H,3-5,12-13,15-16H2,1-2H3. The van der Waals surface area contributed by atoms with Crippen LogP contribution in [0, 0.1) is 11.3 Å². The van der Waals surface area contributed by atoms with E-state index in [0.717, 1.165) is 49.2 Å². The summed E-state index contributed by atoms with van der Waals surface area (Å²) < 4.78 is 12.7. The topological polar surface area (TPSA) is 97.2 Å². The van der Waals surface area contributed by atoms with Gasteiger partial charge in [-0.3, -0.25) is 9.36 Å². The van der Waals surface area contributed by atoms with E-state index in [0.29, 0.717) is 17.5 Å². The van der Waals surface area contributed by atoms with Gasteiger partial charge < -0.3 is 14.1 Å². The molecule has 1 amide bonds. The van der Waals surface area contributed by atoms with Gasteiger partial charge in [-0.2, -0.15) is 5.26 Å². The highest BCUT2D eigenvalue weighted by Gasteiger charge is 2.38. The number of aromatic nitrogens is 3. The van der Waals surface area contributed by atoms with E-state index in [1.807, 2.05) is 41.0 Å². The third kappa shape index (κ3) is 4.91. The summed E-state index contributed by atoms with van der Waals surface area (Å²) in [5, 5.41) is 19.2. The lowest BCUT2D eigenvalue weighted by molar-refractivity contribution is -0.131. The Morgan fingerprint density at radius 2 is 2.00 bits per heavy atom. The van der Waals surface area contributed by atoms with Crippen molar-refractivity contribution in [1.29, 1.82) is 5.26 Å². The molecule has 8 nitrogen and oxygen atoms in total. The zero-order chi connectivity index (χ0) is 23.3. The Hall–Kier alpha value is -3.25. The lowest BCUT2D eigenvalue weighted by atomic mass is 9.81. The van der Waals surface area contributed by atoms with E-state index in [-0.39, 0.29) is 11.7 Å². The quantitative estimate of drug-likeness (QED) is 0.456. The molecule has 1 fully saturated rings. The van der Waals surface area contributed by atoms with Crippen LogP contribution in [0.4, 0.5) is 0 Å². The molecule has 0 unspecified atom stereocenters. The van der Waals surface area contributed by atoms with Crippen LogP contribution in [0.15, 0.2) is 52.2 Å². The SMILES string of the molecule is COc1ccc(-c2nnc(SCC(=O)N(C)C3(C#N)CCCCC3)n2Cc2ccco2)cc1. The minimum Gasteiger partial charge on any atom is -0.497 e. The molecule has 2 heterocycles. The number of carbonyl (C=O) groups is 1. The van der Waals surface area contributed by atoms with Crippen molar-refractivity contribution < 1.29 is 13.9 Å². The number of nitrogens with zero attached hydrogens (tertiary/aromatic N) is 5. The smallest absolute Gasteiger partial charge is 0.234 e. The van der Waals surface area contributed by atoms with Crippen LogP contribution in [-0.2, 0) is 11.3 Å². The lowest BCUT2D eigenvalue weighted by Crippen LogP contribution is -2.50. The van der Waals surface area contributed by atoms with Crippen LogP contribution in [-0.4, -0.2) is 51.0 Å². The molecule has 0 bridgehead atoms. The van der Waals surface area contributed by atoms with Crippen molar-refractivity contribution >= 4 is 17.7 Å². The number of benzene rings is 1. The molecule has 33 heavy (non-hydrogen) atoms. The average molecular weight is 466 g/mol. The third-order valence-corrected chi connectivity index (χ3v) is 7.14. The molecular formula is C24H27N5O3S. The summed E-state index contributed by atoms with van der Waals surface area (Å²) in [5.74, 6) is 2.30. The fraction of sp³-hybridized carbons (Fsp3) is 0.417. The van der Waals surface area contributed by atoms with Crippen LogP contribution in [0.5, 0.6) is 5.75 Å². The summed E-state index contributed by atoms with van der Waals surface area (Å²) in [5.41, 5.74) is 0.183. The monoisotopic (exact) mass is 465 g/mol. The largest absolute Gasteiger partial charge is 0.497 e. The van der Waals surface area contributed by atoms with E-state index in [2.05, 4.69) is 16.3 Å². The number of carbonyl (C=O) groups excluding carboxylic acids is 1. The number of furan rings is 1. The Kier molecular flexibility index (Phi) is 7.04. The summed E-state index contributed by atoms with van der Waals surface area (Å²) in [6.07, 6.45) is 6.15. The van der Waals surface area contributed by atoms with Crippen molar-refractivity contribution in [1.82, 2.24) is 19.7 Å². The van der Waals surface area contributed by atoms with Crippen molar-refractivity contribution in [2.75, 3.05) is 19.9 Å². The summed E-state index contributed by atoms with van der Waals surface area (Å²) >= 11 is 1.32. The zero-order valence-electron chi connectivity index (χ0n) is 18.9. The van der Waals surface area contributed by atoms with Gasteiger partial charge in [0.05, 0.1) is 31.7 Å². The van der Waals surface area contributed by atoms with Gasteiger partial charge in [0.2, 0.25) is 5.91 Å². The van der Waals surface area contributed by atoms with Gasteiger partial charge in [-0.1, -0.05) is 31.0 Å². The van der Waals surface area contributed by atoms with Crippen molar-refractivity contribution in [3.8, 4) is 23.2 Å². The first-order valence-electron chi connectivity index (χ1n) is 11.0. The van der Waals surface area contributed by atoms with Crippen LogP contribution in [0.2, 0.25) is 0 Å². The molecule has 2 aromatic heterocycles. The number of amides is 1. The first-order chi connectivity index (χ1) is 16.1. The number of methoxy groups -OCH3 is 1. The van der Waals surface area contributed by atoms with E-state index < -0.39 is 5.54 Å². The summed E-state index contributed by atoms with van der Waals surface area (Å²) in [4.78, 5) is 14.7. The molecule has 1 aliphatic carbocycles. The average Bonchev–Trinajstić information content (AvgIpc) is 3.53. The zero-order valence-corrected chi connectivity index (χ0v) is 19.7. The number of nitriles is 1. The van der Waals surface area contributed by atoms with Crippen molar-refractivity contribution in [3.63, 3.8) is 0 Å². The van der Waals surface area contributed by atoms with Crippen LogP contribution in [0.1, 0.15) is 37.9 Å². The van der Waals surface area contributed by atoms with Crippen LogP contribution in [0.3, 0.4) is 0 Å². The lowest BCUT2D eigenvalue weighted by Gasteiger charge is -2.39. The van der Waals surface area contributed by atoms with Gasteiger partial charge >= 0.3 is 0 Å². The molecule has 9 heteroatoms. The maximum atomic E-state index is 13.0. The molecule has 1 saturated carbocycles. The number of ether oxygens (including phenoxy) is 1. The number of rotatable bonds is 8. The van der Waals surface area contributed by atoms with Crippen molar-refractivity contribution in [2.24, 2.45) is 0 Å². The van der Waals surface area contributed by atoms with Crippen molar-refractivity contribution in [3.05, 3.63) is 48.4 Å². The van der Waals surface area contributed by atoms with E-state index in [1.165, 1.54) is 11.8 Å². The molecule has 0 saturated heterocycles. The summed E-state index contributed by atoms with van der Waals surface area (Å²) in [6.45, 7) is 0.440. The Labute approximate surface area is 197 Å². The number of thioether (sulfide) groups is 1. The fourth-order valence-electron chi connectivity index (χ4n) is 4.17. The van der Waals surface area contributed by atoms with Gasteiger partial charge in [0.15, 0.2) is 11.0 Å². The summed E-state index contributed by atoms with van der Waals surface area (Å²) in [6, 6.07) is 13.7. The van der Waals surface area contributed by atoms with Gasteiger partial charge in [-0.15, -0.1) is 10.2 Å². The second-order valence-electron chi connectivity index (χ2n) is 8.15. The Morgan fingerprint density at radius 3 is 2.64 bits per heavy atom. The highest BCUT2D eigenvalue weighted by atomic mass is 32.2. The van der Waals surface area contributed by atoms with Gasteiger partial charge in [-0.25, -0.2) is 0 Å². The molecular weight excluding hydrogens is 438 g/mol. The normalized spacial score (nSPS) is 15.1. The van der Waals surface area contributed by atoms with Crippen LogP contribution >= 0.6 is 11.8 Å². The number of hydrogen-bond acceptors (Lipinski definition) is 7. The molecule has 0 aliphatic heterocycles. The molecule has 1 aromatic carbocycles. The van der Waals surface area contributed by atoms with Gasteiger partial charge in [0.25, 0.3) is 0 Å². The molecule has 4 rings (SSSR count). The molecule has 0 atom stereocenters. The fourth-order valence-corrected chi connectivity index (χ4v) is 5.02. The van der Waals surface area contributed by atoms with Gasteiger partial charge in [0, 0.05) is 12.6 Å². The predicted molar refractivity (Wildman–Crippen MR) is 125 cm³/mol. The first kappa shape index (κ1) is 22.9. The minimum atomic E-state index is -0.702. The van der Waals surface area contributed by atoms with E-state index in [4.69, 9.17) is 9.15 Å². The highest BCUT2D eigenvalue weighted by molar-refractivity contribution is 7.99. The summed E-state index contributed by atoms with van der Waals surface area (Å²) in [7, 11) is 3.37. The molecule has 0 radical (unpaired) electrons. The first-order valence-corrected chi connectivity index (χ1v) is 12.0. The molecule has 3 aromatic rings. The molecule has 0 spiro atoms. The Balaban J connectivity index is 1.55. The molecule has 1 aliphatic rings. The van der Waals surface area contributed by atoms with E-state index in [1.54, 1.807) is 25.3 Å².